The van der Waals surface area contributed by atoms with Gasteiger partial charge in [0.05, 0.1) is 12.6 Å². The van der Waals surface area contributed by atoms with Gasteiger partial charge in [0.2, 0.25) is 0 Å². The Hall–Kier alpha value is -1.75. The number of urea groups is 1. The molecule has 2 fully saturated rings. The number of ether oxygens (including phenoxy) is 2. The van der Waals surface area contributed by atoms with Crippen molar-refractivity contribution in [3.8, 4) is 5.75 Å². The number of hydrogen-bond acceptors (Lipinski definition) is 3. The molecular formula is C19H28N2O3. The molecular weight excluding hydrogens is 304 g/mol. The van der Waals surface area contributed by atoms with Crippen molar-refractivity contribution in [2.24, 2.45) is 5.92 Å². The van der Waals surface area contributed by atoms with Crippen LogP contribution in [0.25, 0.3) is 0 Å². The highest BCUT2D eigenvalue weighted by molar-refractivity contribution is 5.74. The molecule has 0 aromatic heterocycles. The van der Waals surface area contributed by atoms with Gasteiger partial charge in [-0.15, -0.1) is 0 Å². The Bertz CT molecular complexity index is 542. The lowest BCUT2D eigenvalue weighted by Crippen LogP contribution is -2.48. The number of amides is 2. The maximum atomic E-state index is 12.1. The second kappa shape index (κ2) is 7.88. The van der Waals surface area contributed by atoms with Crippen LogP contribution in [0.2, 0.25) is 0 Å². The molecule has 1 heterocycles. The fourth-order valence-corrected chi connectivity index (χ4v) is 3.12. The highest BCUT2D eigenvalue weighted by atomic mass is 16.5. The van der Waals surface area contributed by atoms with E-state index in [0.29, 0.717) is 12.6 Å². The lowest BCUT2D eigenvalue weighted by atomic mass is 10.0. The molecule has 1 saturated carbocycles. The Morgan fingerprint density at radius 3 is 2.75 bits per heavy atom. The zero-order chi connectivity index (χ0) is 16.9. The normalized spacial score (nSPS) is 24.9. The van der Waals surface area contributed by atoms with E-state index in [2.05, 4.69) is 10.6 Å². The Balaban J connectivity index is 1.36. The Kier molecular flexibility index (Phi) is 5.61. The minimum Gasteiger partial charge on any atom is -0.489 e. The quantitative estimate of drug-likeness (QED) is 0.842. The summed E-state index contributed by atoms with van der Waals surface area (Å²) in [5.41, 5.74) is 1.20. The predicted molar refractivity (Wildman–Crippen MR) is 93.3 cm³/mol. The molecule has 0 spiro atoms. The van der Waals surface area contributed by atoms with Gasteiger partial charge in [0.25, 0.3) is 0 Å². The van der Waals surface area contributed by atoms with Crippen LogP contribution in [0.1, 0.15) is 38.2 Å². The van der Waals surface area contributed by atoms with E-state index in [9.17, 15) is 4.79 Å². The molecule has 0 unspecified atom stereocenters. The summed E-state index contributed by atoms with van der Waals surface area (Å²) >= 11 is 0. The average Bonchev–Trinajstić information content (AvgIpc) is 3.40. The molecule has 2 N–H and O–H groups in total. The molecule has 1 aromatic rings. The number of aryl methyl sites for hydroxylation is 1. The van der Waals surface area contributed by atoms with E-state index < -0.39 is 0 Å². The van der Waals surface area contributed by atoms with Gasteiger partial charge in [0.1, 0.15) is 11.9 Å². The van der Waals surface area contributed by atoms with Crippen molar-refractivity contribution < 1.29 is 14.3 Å². The summed E-state index contributed by atoms with van der Waals surface area (Å²) in [5, 5.41) is 5.98. The van der Waals surface area contributed by atoms with Gasteiger partial charge in [-0.3, -0.25) is 0 Å². The third-order valence-electron chi connectivity index (χ3n) is 4.71. The first-order chi connectivity index (χ1) is 11.6. The lowest BCUT2D eigenvalue weighted by molar-refractivity contribution is -0.00917. The molecule has 2 amide bonds. The van der Waals surface area contributed by atoms with Gasteiger partial charge in [0.15, 0.2) is 0 Å². The van der Waals surface area contributed by atoms with Gasteiger partial charge in [-0.1, -0.05) is 17.7 Å². The van der Waals surface area contributed by atoms with Crippen LogP contribution >= 0.6 is 0 Å². The van der Waals surface area contributed by atoms with Crippen molar-refractivity contribution in [3.63, 3.8) is 0 Å². The number of rotatable bonds is 6. The second-order valence-corrected chi connectivity index (χ2v) is 7.06. The SMILES string of the molecule is Cc1ccc(O[C@H](C)CNC(=O)N[C@H]2CCO[C@H](C3CC3)C2)cc1. The van der Waals surface area contributed by atoms with Crippen LogP contribution in [0.3, 0.4) is 0 Å². The first-order valence-electron chi connectivity index (χ1n) is 8.99. The third kappa shape index (κ3) is 5.13. The summed E-state index contributed by atoms with van der Waals surface area (Å²) in [7, 11) is 0. The predicted octanol–water partition coefficient (Wildman–Crippen LogP) is 3.02. The van der Waals surface area contributed by atoms with Gasteiger partial charge in [0, 0.05) is 12.6 Å². The molecule has 5 nitrogen and oxygen atoms in total. The minimum absolute atomic E-state index is 0.0765. The van der Waals surface area contributed by atoms with Crippen molar-refractivity contribution in [3.05, 3.63) is 29.8 Å². The van der Waals surface area contributed by atoms with Gasteiger partial charge in [-0.25, -0.2) is 4.79 Å². The van der Waals surface area contributed by atoms with Crippen molar-refractivity contribution in [2.75, 3.05) is 13.2 Å². The standard InChI is InChI=1S/C19H28N2O3/c1-13-3-7-17(8-4-13)24-14(2)12-20-19(22)21-16-9-10-23-18(11-16)15-5-6-15/h3-4,7-8,14-16,18H,5-6,9-12H2,1-2H3,(H2,20,21,22)/t14-,16+,18+/m1/s1. The largest absolute Gasteiger partial charge is 0.489 e. The highest BCUT2D eigenvalue weighted by Gasteiger charge is 2.36. The molecule has 3 atom stereocenters. The molecule has 2 aliphatic rings. The van der Waals surface area contributed by atoms with E-state index in [1.807, 2.05) is 38.1 Å². The topological polar surface area (TPSA) is 59.6 Å². The van der Waals surface area contributed by atoms with Gasteiger partial charge in [-0.2, -0.15) is 0 Å². The molecule has 0 bridgehead atoms. The fraction of sp³-hybridized carbons (Fsp3) is 0.632. The number of nitrogens with one attached hydrogen (secondary N) is 2. The van der Waals surface area contributed by atoms with Crippen LogP contribution in [-0.4, -0.2) is 37.4 Å². The molecule has 1 aliphatic carbocycles. The van der Waals surface area contributed by atoms with Crippen LogP contribution in [0, 0.1) is 12.8 Å². The molecule has 24 heavy (non-hydrogen) atoms. The van der Waals surface area contributed by atoms with E-state index in [1.54, 1.807) is 0 Å². The second-order valence-electron chi connectivity index (χ2n) is 7.06. The molecule has 1 aromatic carbocycles. The van der Waals surface area contributed by atoms with Gasteiger partial charge < -0.3 is 20.1 Å². The summed E-state index contributed by atoms with van der Waals surface area (Å²) in [4.78, 5) is 12.1. The van der Waals surface area contributed by atoms with Crippen LogP contribution in [-0.2, 0) is 4.74 Å². The summed E-state index contributed by atoms with van der Waals surface area (Å²) in [5.74, 6) is 1.55. The maximum absolute atomic E-state index is 12.1. The van der Waals surface area contributed by atoms with Crippen molar-refractivity contribution in [1.29, 1.82) is 0 Å². The van der Waals surface area contributed by atoms with E-state index in [4.69, 9.17) is 9.47 Å². The Morgan fingerprint density at radius 1 is 1.29 bits per heavy atom. The molecule has 132 valence electrons. The molecule has 1 saturated heterocycles. The lowest BCUT2D eigenvalue weighted by Gasteiger charge is -2.30. The summed E-state index contributed by atoms with van der Waals surface area (Å²) in [6, 6.07) is 8.04. The molecule has 5 heteroatoms. The number of carbonyl (C=O) groups is 1. The first-order valence-corrected chi connectivity index (χ1v) is 8.99. The molecule has 3 rings (SSSR count). The van der Waals surface area contributed by atoms with E-state index >= 15 is 0 Å². The van der Waals surface area contributed by atoms with E-state index in [0.717, 1.165) is 31.1 Å². The Morgan fingerprint density at radius 2 is 2.04 bits per heavy atom. The maximum Gasteiger partial charge on any atom is 0.315 e. The fourth-order valence-electron chi connectivity index (χ4n) is 3.12. The zero-order valence-electron chi connectivity index (χ0n) is 14.6. The highest BCUT2D eigenvalue weighted by Crippen LogP contribution is 2.38. The smallest absolute Gasteiger partial charge is 0.315 e. The molecule has 1 aliphatic heterocycles. The monoisotopic (exact) mass is 332 g/mol. The zero-order valence-corrected chi connectivity index (χ0v) is 14.6. The first kappa shape index (κ1) is 17.1. The van der Waals surface area contributed by atoms with E-state index in [1.165, 1.54) is 18.4 Å². The van der Waals surface area contributed by atoms with Gasteiger partial charge >= 0.3 is 6.03 Å². The molecule has 0 radical (unpaired) electrons. The average molecular weight is 332 g/mol. The number of carbonyl (C=O) groups excluding carboxylic acids is 1. The number of hydrogen-bond donors (Lipinski definition) is 2. The third-order valence-corrected chi connectivity index (χ3v) is 4.71. The van der Waals surface area contributed by atoms with Crippen molar-refractivity contribution >= 4 is 6.03 Å². The van der Waals surface area contributed by atoms with Crippen LogP contribution in [0.15, 0.2) is 24.3 Å². The van der Waals surface area contributed by atoms with Crippen LogP contribution in [0.4, 0.5) is 4.79 Å². The Labute approximate surface area is 144 Å². The van der Waals surface area contributed by atoms with Crippen molar-refractivity contribution in [1.82, 2.24) is 10.6 Å². The van der Waals surface area contributed by atoms with Crippen molar-refractivity contribution in [2.45, 2.75) is 57.8 Å². The summed E-state index contributed by atoms with van der Waals surface area (Å²) in [6.07, 6.45) is 4.65. The summed E-state index contributed by atoms with van der Waals surface area (Å²) < 4.78 is 11.6. The van der Waals surface area contributed by atoms with Crippen LogP contribution in [0.5, 0.6) is 5.75 Å². The minimum atomic E-state index is -0.115. The summed E-state index contributed by atoms with van der Waals surface area (Å²) in [6.45, 7) is 5.23. The number of benzene rings is 1. The van der Waals surface area contributed by atoms with E-state index in [-0.39, 0.29) is 18.2 Å². The van der Waals surface area contributed by atoms with Crippen LogP contribution < -0.4 is 15.4 Å². The van der Waals surface area contributed by atoms with Gasteiger partial charge in [-0.05, 0) is 57.6 Å².